The minimum absolute atomic E-state index is 0.00439. The maximum atomic E-state index is 14.0. The highest BCUT2D eigenvalue weighted by atomic mass is 19.1. The van der Waals surface area contributed by atoms with Crippen LogP contribution in [0, 0.1) is 13.8 Å². The minimum atomic E-state index is -0.575. The van der Waals surface area contributed by atoms with Crippen molar-refractivity contribution in [1.82, 2.24) is 19.7 Å². The van der Waals surface area contributed by atoms with E-state index in [0.29, 0.717) is 25.2 Å². The van der Waals surface area contributed by atoms with Crippen LogP contribution in [0.2, 0.25) is 0 Å². The van der Waals surface area contributed by atoms with Crippen LogP contribution in [0.1, 0.15) is 94.4 Å². The number of ether oxygens (including phenoxy) is 1. The number of aliphatic imine (C=N–C) groups is 1. The highest BCUT2D eigenvalue weighted by Gasteiger charge is 2.30. The molecule has 1 aliphatic carbocycles. The van der Waals surface area contributed by atoms with Crippen molar-refractivity contribution in [3.63, 3.8) is 0 Å². The molecule has 3 aromatic rings. The zero-order chi connectivity index (χ0) is 43.4. The third kappa shape index (κ3) is 14.1. The fourth-order valence-electron chi connectivity index (χ4n) is 6.80. The topological polar surface area (TPSA) is 99.5 Å². The van der Waals surface area contributed by atoms with Crippen molar-refractivity contribution in [2.45, 2.75) is 106 Å². The molecule has 316 valence electrons. The Labute approximate surface area is 347 Å². The van der Waals surface area contributed by atoms with Gasteiger partial charge in [-0.2, -0.15) is 0 Å². The number of allylic oxidation sites excluding steroid dienone is 2. The number of rotatable bonds is 16. The Morgan fingerprint density at radius 1 is 1.05 bits per heavy atom. The van der Waals surface area contributed by atoms with Crippen molar-refractivity contribution in [3.05, 3.63) is 114 Å². The van der Waals surface area contributed by atoms with Gasteiger partial charge in [0.05, 0.1) is 24.1 Å². The summed E-state index contributed by atoms with van der Waals surface area (Å²) >= 11 is 0. The molecular formula is C47H67FN6O4. The second-order valence-corrected chi connectivity index (χ2v) is 14.2. The molecule has 2 amide bonds. The first-order valence-electron chi connectivity index (χ1n) is 20.3. The number of likely N-dealkylation sites (N-methyl/N-ethyl adjacent to an activating group) is 2. The molecule has 1 aliphatic rings. The molecule has 0 bridgehead atoms. The summed E-state index contributed by atoms with van der Waals surface area (Å²) in [6, 6.07) is 15.9. The van der Waals surface area contributed by atoms with Gasteiger partial charge in [-0.3, -0.25) is 28.8 Å². The number of nitrogens with zero attached hydrogens (tertiary/aromatic N) is 5. The molecule has 58 heavy (non-hydrogen) atoms. The first kappa shape index (κ1) is 49.2. The lowest BCUT2D eigenvalue weighted by atomic mass is 9.90. The number of nitrogens with one attached hydrogen (secondary N) is 1. The van der Waals surface area contributed by atoms with Crippen molar-refractivity contribution < 1.29 is 23.5 Å². The molecule has 0 saturated heterocycles. The predicted molar refractivity (Wildman–Crippen MR) is 238 cm³/mol. The summed E-state index contributed by atoms with van der Waals surface area (Å²) < 4.78 is 20.9. The van der Waals surface area contributed by atoms with Crippen LogP contribution < -0.4 is 10.2 Å². The summed E-state index contributed by atoms with van der Waals surface area (Å²) in [5.41, 5.74) is 6.62. The fraction of sp³-hybridized carbons (Fsp3) is 0.447. The molecule has 1 N–H and O–H groups in total. The lowest BCUT2D eigenvalue weighted by molar-refractivity contribution is -0.128. The number of aromatic nitrogens is 1. The molecule has 1 saturated carbocycles. The Hall–Kier alpha value is -4.97. The Bertz CT molecular complexity index is 1850. The number of amides is 2. The second-order valence-electron chi connectivity index (χ2n) is 14.2. The van der Waals surface area contributed by atoms with E-state index in [2.05, 4.69) is 47.4 Å². The van der Waals surface area contributed by atoms with E-state index in [1.165, 1.54) is 17.4 Å². The van der Waals surface area contributed by atoms with Crippen molar-refractivity contribution in [1.29, 1.82) is 0 Å². The third-order valence-electron chi connectivity index (χ3n) is 10.3. The molecule has 0 atom stereocenters. The average Bonchev–Trinajstić information content (AvgIpc) is 3.53. The molecule has 1 aromatic heterocycles. The van der Waals surface area contributed by atoms with Crippen LogP contribution in [0.3, 0.4) is 0 Å². The summed E-state index contributed by atoms with van der Waals surface area (Å²) in [4.78, 5) is 48.0. The van der Waals surface area contributed by atoms with Crippen molar-refractivity contribution in [3.8, 4) is 11.1 Å². The van der Waals surface area contributed by atoms with E-state index in [1.807, 2.05) is 71.1 Å². The van der Waals surface area contributed by atoms with Gasteiger partial charge in [-0.15, -0.1) is 6.58 Å². The third-order valence-corrected chi connectivity index (χ3v) is 10.3. The van der Waals surface area contributed by atoms with Crippen LogP contribution >= 0.6 is 0 Å². The van der Waals surface area contributed by atoms with Crippen LogP contribution in [0.15, 0.2) is 96.6 Å². The molecule has 0 spiro atoms. The summed E-state index contributed by atoms with van der Waals surface area (Å²) in [6.45, 7) is 26.1. The molecule has 1 heterocycles. The van der Waals surface area contributed by atoms with E-state index in [9.17, 15) is 18.8 Å². The molecule has 0 radical (unpaired) electrons. The van der Waals surface area contributed by atoms with Crippen molar-refractivity contribution in [2.24, 2.45) is 4.99 Å². The van der Waals surface area contributed by atoms with E-state index >= 15 is 0 Å². The summed E-state index contributed by atoms with van der Waals surface area (Å²) in [5.74, 6) is -1.01. The largest absolute Gasteiger partial charge is 0.383 e. The number of amidine groups is 1. The second kappa shape index (κ2) is 25.4. The minimum Gasteiger partial charge on any atom is -0.383 e. The van der Waals surface area contributed by atoms with E-state index in [-0.39, 0.29) is 35.3 Å². The standard InChI is InChI=1S/C42H55FN6O4.C3H6.C2H6/c1-9-47(21-22-53-8)26-34-13-15-35(16-14-34)36-11-10-12-40(23-36)49(28-50)41(45-24-29(2)43)31(4)42(52)46(7)39-19-17-38(18-20-39)44-25-37-27-48(33(6)51)32(5)30(37)3;1-3-2;1-2/h10-16,23-24,27-28,38-39,44H,4,9,17-22,25-26H2,1-3,5-8H3;3H,1H2,2H3;1-2H3/b29-24+,45-41?;;. The van der Waals surface area contributed by atoms with Gasteiger partial charge in [-0.05, 0) is 99.9 Å². The highest BCUT2D eigenvalue weighted by molar-refractivity contribution is 6.30. The molecule has 0 unspecified atom stereocenters. The van der Waals surface area contributed by atoms with Crippen LogP contribution in [0.4, 0.5) is 10.1 Å². The first-order valence-corrected chi connectivity index (χ1v) is 20.3. The van der Waals surface area contributed by atoms with Gasteiger partial charge < -0.3 is 15.0 Å². The van der Waals surface area contributed by atoms with Crippen LogP contribution in [-0.4, -0.2) is 84.4 Å². The number of carbonyl (C=O) groups excluding carboxylic acids is 3. The van der Waals surface area contributed by atoms with Crippen LogP contribution in [-0.2, 0) is 27.4 Å². The zero-order valence-electron chi connectivity index (χ0n) is 36.6. The molecular weight excluding hydrogens is 732 g/mol. The molecule has 2 aromatic carbocycles. The summed E-state index contributed by atoms with van der Waals surface area (Å²) in [6.07, 6.45) is 8.50. The number of hydrogen-bond acceptors (Lipinski definition) is 7. The zero-order valence-corrected chi connectivity index (χ0v) is 36.6. The lowest BCUT2D eigenvalue weighted by Gasteiger charge is -2.36. The van der Waals surface area contributed by atoms with Gasteiger partial charge >= 0.3 is 0 Å². The molecule has 11 heteroatoms. The normalized spacial score (nSPS) is 15.4. The van der Waals surface area contributed by atoms with E-state index < -0.39 is 5.83 Å². The number of halogens is 1. The van der Waals surface area contributed by atoms with Crippen molar-refractivity contribution in [2.75, 3.05) is 38.8 Å². The number of carbonyl (C=O) groups is 3. The fourth-order valence-corrected chi connectivity index (χ4v) is 6.80. The molecule has 0 aliphatic heterocycles. The summed E-state index contributed by atoms with van der Waals surface area (Å²) in [5, 5.41) is 3.63. The monoisotopic (exact) mass is 799 g/mol. The van der Waals surface area contributed by atoms with Crippen LogP contribution in [0.25, 0.3) is 11.1 Å². The Morgan fingerprint density at radius 2 is 1.69 bits per heavy atom. The number of methoxy groups -OCH3 is 1. The van der Waals surface area contributed by atoms with E-state index in [0.717, 1.165) is 79.5 Å². The Balaban J connectivity index is 0.00000221. The lowest BCUT2D eigenvalue weighted by Crippen LogP contribution is -2.45. The van der Waals surface area contributed by atoms with Gasteiger partial charge in [0.15, 0.2) is 5.84 Å². The molecule has 1 fully saturated rings. The van der Waals surface area contributed by atoms with E-state index in [1.54, 1.807) is 42.7 Å². The molecule has 10 nitrogen and oxygen atoms in total. The molecule has 4 rings (SSSR count). The quantitative estimate of drug-likeness (QED) is 0.0510. The van der Waals surface area contributed by atoms with E-state index in [4.69, 9.17) is 4.74 Å². The van der Waals surface area contributed by atoms with Gasteiger partial charge in [0.1, 0.15) is 5.83 Å². The van der Waals surface area contributed by atoms with Gasteiger partial charge in [0.25, 0.3) is 5.91 Å². The van der Waals surface area contributed by atoms with Gasteiger partial charge in [0.2, 0.25) is 12.3 Å². The van der Waals surface area contributed by atoms with Crippen molar-refractivity contribution >= 4 is 29.7 Å². The Kier molecular flexibility index (Phi) is 21.5. The van der Waals surface area contributed by atoms with Gasteiger partial charge in [0, 0.05) is 64.7 Å². The maximum Gasteiger partial charge on any atom is 0.257 e. The van der Waals surface area contributed by atoms with Gasteiger partial charge in [-0.1, -0.05) is 69.8 Å². The average molecular weight is 799 g/mol. The van der Waals surface area contributed by atoms with Crippen LogP contribution in [0.5, 0.6) is 0 Å². The SMILES string of the molecule is C=C(C(=O)N(C)C1CCC(NCc2cn(C(C)=O)c(C)c2C)CC1)C(=N/C=C(\C)F)N(C=O)c1cccc(-c2ccc(CN(CC)CCOC)cc2)c1.C=CC.CC. The maximum absolute atomic E-state index is 14.0. The Morgan fingerprint density at radius 3 is 2.22 bits per heavy atom. The number of benzene rings is 2. The van der Waals surface area contributed by atoms with Gasteiger partial charge in [-0.25, -0.2) is 9.38 Å². The number of hydrogen-bond donors (Lipinski definition) is 1. The summed E-state index contributed by atoms with van der Waals surface area (Å²) in [7, 11) is 3.44. The number of anilines is 1. The first-order chi connectivity index (χ1) is 27.8. The predicted octanol–water partition coefficient (Wildman–Crippen LogP) is 9.43. The highest BCUT2D eigenvalue weighted by Crippen LogP contribution is 2.28. The smallest absolute Gasteiger partial charge is 0.257 e.